The van der Waals surface area contributed by atoms with E-state index in [1.54, 1.807) is 0 Å². The van der Waals surface area contributed by atoms with E-state index >= 15 is 0 Å². The van der Waals surface area contributed by atoms with E-state index in [0.717, 1.165) is 17.0 Å². The lowest BCUT2D eigenvalue weighted by Crippen LogP contribution is -2.44. The zero-order chi connectivity index (χ0) is 13.0. The molecule has 1 atom stereocenters. The molecule has 2 heteroatoms. The molecule has 1 aromatic carbocycles. The van der Waals surface area contributed by atoms with Crippen LogP contribution in [0.4, 0.5) is 0 Å². The van der Waals surface area contributed by atoms with Gasteiger partial charge in [0.15, 0.2) is 0 Å². The molecule has 1 aliphatic carbocycles. The van der Waals surface area contributed by atoms with Crippen LogP contribution in [0.15, 0.2) is 24.3 Å². The largest absolute Gasteiger partial charge is 0.311 e. The monoisotopic (exact) mass is 265 g/mol. The van der Waals surface area contributed by atoms with Crippen molar-refractivity contribution in [2.24, 2.45) is 0 Å². The molecule has 1 fully saturated rings. The number of hydrogen-bond acceptors (Lipinski definition) is 1. The third-order valence-corrected chi connectivity index (χ3v) is 4.24. The summed E-state index contributed by atoms with van der Waals surface area (Å²) >= 11 is 5.91. The Morgan fingerprint density at radius 3 is 2.56 bits per heavy atom. The summed E-state index contributed by atoms with van der Waals surface area (Å²) in [6, 6.07) is 9.73. The van der Waals surface area contributed by atoms with Gasteiger partial charge >= 0.3 is 0 Å². The molecular formula is C16H24ClN. The van der Waals surface area contributed by atoms with E-state index in [1.807, 2.05) is 12.1 Å². The Hall–Kier alpha value is -0.530. The molecule has 100 valence electrons. The maximum atomic E-state index is 5.91. The Kier molecular flexibility index (Phi) is 5.08. The highest BCUT2D eigenvalue weighted by atomic mass is 35.5. The van der Waals surface area contributed by atoms with Crippen LogP contribution in [-0.2, 0) is 0 Å². The van der Waals surface area contributed by atoms with Crippen molar-refractivity contribution in [3.05, 3.63) is 34.9 Å². The highest BCUT2D eigenvalue weighted by molar-refractivity contribution is 6.30. The lowest BCUT2D eigenvalue weighted by atomic mass is 9.75. The molecule has 2 rings (SSSR count). The van der Waals surface area contributed by atoms with Crippen molar-refractivity contribution < 1.29 is 0 Å². The standard InChI is InChI=1S/C16H24ClN/c1-3-4-5-12(2)18-16-10-14(11-16)13-6-8-15(17)9-7-13/h6-9,12,14,16,18H,3-5,10-11H2,1-2H3. The van der Waals surface area contributed by atoms with Crippen LogP contribution < -0.4 is 5.32 Å². The molecular weight excluding hydrogens is 242 g/mol. The first-order chi connectivity index (χ1) is 8.69. The van der Waals surface area contributed by atoms with Crippen LogP contribution in [0.5, 0.6) is 0 Å². The summed E-state index contributed by atoms with van der Waals surface area (Å²) in [6.45, 7) is 4.57. The van der Waals surface area contributed by atoms with E-state index in [-0.39, 0.29) is 0 Å². The first-order valence-corrected chi connectivity index (χ1v) is 7.58. The van der Waals surface area contributed by atoms with Crippen molar-refractivity contribution in [2.75, 3.05) is 0 Å². The van der Waals surface area contributed by atoms with Gasteiger partial charge in [0.05, 0.1) is 0 Å². The summed E-state index contributed by atoms with van der Waals surface area (Å²) in [5, 5.41) is 4.57. The molecule has 1 aliphatic rings. The number of halogens is 1. The van der Waals surface area contributed by atoms with Gasteiger partial charge in [0.25, 0.3) is 0 Å². The van der Waals surface area contributed by atoms with Gasteiger partial charge in [0.1, 0.15) is 0 Å². The molecule has 18 heavy (non-hydrogen) atoms. The molecule has 1 N–H and O–H groups in total. The predicted octanol–water partition coefficient (Wildman–Crippen LogP) is 4.75. The summed E-state index contributed by atoms with van der Waals surface area (Å²) < 4.78 is 0. The minimum atomic E-state index is 0.668. The minimum absolute atomic E-state index is 0.668. The lowest BCUT2D eigenvalue weighted by molar-refractivity contribution is 0.263. The summed E-state index contributed by atoms with van der Waals surface area (Å²) in [6.07, 6.45) is 6.49. The fraction of sp³-hybridized carbons (Fsp3) is 0.625. The molecule has 0 aliphatic heterocycles. The summed E-state index contributed by atoms with van der Waals surface area (Å²) in [7, 11) is 0. The van der Waals surface area contributed by atoms with Crippen LogP contribution in [0, 0.1) is 0 Å². The van der Waals surface area contributed by atoms with Gasteiger partial charge in [0.2, 0.25) is 0 Å². The molecule has 0 radical (unpaired) electrons. The smallest absolute Gasteiger partial charge is 0.0406 e. The first kappa shape index (κ1) is 13.9. The number of hydrogen-bond donors (Lipinski definition) is 1. The molecule has 0 heterocycles. The van der Waals surface area contributed by atoms with Gasteiger partial charge in [-0.1, -0.05) is 43.5 Å². The molecule has 0 amide bonds. The van der Waals surface area contributed by atoms with E-state index in [0.29, 0.717) is 6.04 Å². The van der Waals surface area contributed by atoms with Crippen molar-refractivity contribution in [3.8, 4) is 0 Å². The van der Waals surface area contributed by atoms with Crippen molar-refractivity contribution in [1.29, 1.82) is 0 Å². The summed E-state index contributed by atoms with van der Waals surface area (Å²) in [4.78, 5) is 0. The normalized spacial score (nSPS) is 24.6. The zero-order valence-electron chi connectivity index (χ0n) is 11.5. The molecule has 1 saturated carbocycles. The van der Waals surface area contributed by atoms with Gasteiger partial charge in [0, 0.05) is 17.1 Å². The van der Waals surface area contributed by atoms with E-state index in [2.05, 4.69) is 31.3 Å². The van der Waals surface area contributed by atoms with Crippen LogP contribution in [0.2, 0.25) is 5.02 Å². The van der Waals surface area contributed by atoms with Crippen LogP contribution in [0.3, 0.4) is 0 Å². The van der Waals surface area contributed by atoms with Crippen molar-refractivity contribution in [1.82, 2.24) is 5.32 Å². The highest BCUT2D eigenvalue weighted by Gasteiger charge is 2.30. The lowest BCUT2D eigenvalue weighted by Gasteiger charge is -2.38. The average Bonchev–Trinajstić information content (AvgIpc) is 2.32. The topological polar surface area (TPSA) is 12.0 Å². The van der Waals surface area contributed by atoms with Gasteiger partial charge in [-0.3, -0.25) is 0 Å². The van der Waals surface area contributed by atoms with E-state index in [4.69, 9.17) is 11.6 Å². The minimum Gasteiger partial charge on any atom is -0.311 e. The Bertz CT molecular complexity index is 354. The number of benzene rings is 1. The number of unbranched alkanes of at least 4 members (excludes halogenated alkanes) is 1. The third kappa shape index (κ3) is 3.73. The van der Waals surface area contributed by atoms with Crippen LogP contribution in [0.1, 0.15) is 57.4 Å². The average molecular weight is 266 g/mol. The molecule has 0 spiro atoms. The van der Waals surface area contributed by atoms with Crippen molar-refractivity contribution in [3.63, 3.8) is 0 Å². The van der Waals surface area contributed by atoms with Crippen molar-refractivity contribution in [2.45, 2.75) is 64.0 Å². The van der Waals surface area contributed by atoms with Gasteiger partial charge in [-0.05, 0) is 49.8 Å². The highest BCUT2D eigenvalue weighted by Crippen LogP contribution is 2.37. The quantitative estimate of drug-likeness (QED) is 0.782. The Morgan fingerprint density at radius 1 is 1.28 bits per heavy atom. The second-order valence-electron chi connectivity index (χ2n) is 5.63. The second-order valence-corrected chi connectivity index (χ2v) is 6.06. The maximum Gasteiger partial charge on any atom is 0.0406 e. The van der Waals surface area contributed by atoms with Gasteiger partial charge in [-0.2, -0.15) is 0 Å². The fourth-order valence-electron chi connectivity index (χ4n) is 2.76. The Morgan fingerprint density at radius 2 is 1.94 bits per heavy atom. The summed E-state index contributed by atoms with van der Waals surface area (Å²) in [5.41, 5.74) is 1.44. The first-order valence-electron chi connectivity index (χ1n) is 7.20. The fourth-order valence-corrected chi connectivity index (χ4v) is 2.88. The van der Waals surface area contributed by atoms with Gasteiger partial charge in [-0.15, -0.1) is 0 Å². The second kappa shape index (κ2) is 6.58. The third-order valence-electron chi connectivity index (χ3n) is 3.99. The molecule has 0 aromatic heterocycles. The molecule has 0 saturated heterocycles. The van der Waals surface area contributed by atoms with Crippen LogP contribution in [-0.4, -0.2) is 12.1 Å². The van der Waals surface area contributed by atoms with Crippen LogP contribution in [0.25, 0.3) is 0 Å². The summed E-state index contributed by atoms with van der Waals surface area (Å²) in [5.74, 6) is 0.734. The van der Waals surface area contributed by atoms with Crippen molar-refractivity contribution >= 4 is 11.6 Å². The SMILES string of the molecule is CCCCC(C)NC1CC(c2ccc(Cl)cc2)C1. The Labute approximate surface area is 116 Å². The van der Waals surface area contributed by atoms with E-state index in [9.17, 15) is 0 Å². The van der Waals surface area contributed by atoms with E-state index < -0.39 is 0 Å². The maximum absolute atomic E-state index is 5.91. The Balaban J connectivity index is 1.72. The predicted molar refractivity (Wildman–Crippen MR) is 79.3 cm³/mol. The number of rotatable bonds is 6. The molecule has 1 unspecified atom stereocenters. The molecule has 0 bridgehead atoms. The van der Waals surface area contributed by atoms with Gasteiger partial charge in [-0.25, -0.2) is 0 Å². The van der Waals surface area contributed by atoms with Crippen LogP contribution >= 0.6 is 11.6 Å². The number of nitrogens with one attached hydrogen (secondary N) is 1. The van der Waals surface area contributed by atoms with Gasteiger partial charge < -0.3 is 5.32 Å². The zero-order valence-corrected chi connectivity index (χ0v) is 12.2. The van der Waals surface area contributed by atoms with E-state index in [1.165, 1.54) is 37.7 Å². The molecule has 1 aromatic rings. The molecule has 1 nitrogen and oxygen atoms in total.